The van der Waals surface area contributed by atoms with Gasteiger partial charge in [0, 0.05) is 53.8 Å². The first-order valence-corrected chi connectivity index (χ1v) is 26.0. The molecule has 1 fully saturated rings. The average Bonchev–Trinajstić information content (AvgIpc) is 3.84. The van der Waals surface area contributed by atoms with Gasteiger partial charge < -0.3 is 40.8 Å². The van der Waals surface area contributed by atoms with Crippen molar-refractivity contribution in [3.8, 4) is 16.2 Å². The molecule has 72 heavy (non-hydrogen) atoms. The third-order valence-corrected chi connectivity index (χ3v) is 14.5. The molecule has 20 heteroatoms. The van der Waals surface area contributed by atoms with Crippen LogP contribution in [0, 0.1) is 0 Å². The van der Waals surface area contributed by atoms with E-state index >= 15 is 0 Å². The lowest BCUT2D eigenvalue weighted by Crippen LogP contribution is -2.49. The van der Waals surface area contributed by atoms with Gasteiger partial charge in [0.15, 0.2) is 18.2 Å². The molecule has 7 rings (SSSR count). The number of hydrogen-bond donors (Lipinski definition) is 7. The zero-order chi connectivity index (χ0) is 52.5. The van der Waals surface area contributed by atoms with Gasteiger partial charge in [-0.15, -0.1) is 11.3 Å². The first-order valence-electron chi connectivity index (χ1n) is 23.5. The Bertz CT molecular complexity index is 2750. The van der Waals surface area contributed by atoms with Crippen molar-refractivity contribution in [1.29, 1.82) is 0 Å². The second kappa shape index (κ2) is 27.1. The van der Waals surface area contributed by atoms with Crippen molar-refractivity contribution in [1.82, 2.24) is 20.9 Å². The lowest BCUT2D eigenvalue weighted by molar-refractivity contribution is -0.139. The number of rotatable bonds is 23. The summed E-state index contributed by atoms with van der Waals surface area (Å²) in [6, 6.07) is 19.0. The zero-order valence-corrected chi connectivity index (χ0v) is 43.6. The van der Waals surface area contributed by atoms with Gasteiger partial charge in [-0.1, -0.05) is 72.9 Å². The van der Waals surface area contributed by atoms with Crippen LogP contribution >= 0.6 is 22.9 Å². The number of aliphatic carboxylic acids is 1. The molecule has 2 aliphatic rings. The molecule has 4 heterocycles. The topological polar surface area (TPSA) is 247 Å². The van der Waals surface area contributed by atoms with Gasteiger partial charge in [-0.3, -0.25) is 28.8 Å². The monoisotopic (exact) mass is 1040 g/mol. The molecule has 7 N–H and O–H groups in total. The number of pyridine rings is 1. The van der Waals surface area contributed by atoms with Crippen LogP contribution in [0.4, 0.5) is 22.9 Å². The normalized spacial score (nSPS) is 15.7. The van der Waals surface area contributed by atoms with Crippen molar-refractivity contribution in [3.05, 3.63) is 100 Å². The number of aliphatic imine (C=N–C) groups is 1. The van der Waals surface area contributed by atoms with Crippen LogP contribution in [0.3, 0.4) is 0 Å². The molecule has 3 aromatic carbocycles. The molecule has 17 nitrogen and oxygen atoms in total. The fraction of sp³-hybridized carbons (Fsp3) is 0.385. The van der Waals surface area contributed by atoms with Gasteiger partial charge in [-0.05, 0) is 137 Å². The van der Waals surface area contributed by atoms with E-state index in [1.54, 1.807) is 18.2 Å². The number of aromatic nitrogens is 1. The quantitative estimate of drug-likeness (QED) is 0.0185. The number of carbonyl (C=O) groups is 4. The maximum Gasteiger partial charge on any atom is 0.341 e. The number of aliphatic hydroxyl groups is 1. The number of imide groups is 1. The molecule has 0 bridgehead atoms. The Hall–Kier alpha value is -6.06. The minimum Gasteiger partial charge on any atom is -0.772 e. The van der Waals surface area contributed by atoms with Gasteiger partial charge >= 0.3 is 5.97 Å². The van der Waals surface area contributed by atoms with Crippen LogP contribution < -0.4 is 36.2 Å². The van der Waals surface area contributed by atoms with E-state index in [2.05, 4.69) is 75.8 Å². The summed E-state index contributed by atoms with van der Waals surface area (Å²) in [5.41, 5.74) is 5.57. The number of amides is 3. The first-order chi connectivity index (χ1) is 34.6. The van der Waals surface area contributed by atoms with Crippen LogP contribution in [-0.4, -0.2) is 113 Å². The molecule has 386 valence electrons. The number of halogens is 1. The highest BCUT2D eigenvalue weighted by atomic mass is 35.5. The van der Waals surface area contributed by atoms with Crippen LogP contribution in [0.25, 0.3) is 27.3 Å². The molecule has 5 aromatic rings. The summed E-state index contributed by atoms with van der Waals surface area (Å²) in [4.78, 5) is 59.5. The van der Waals surface area contributed by atoms with Crippen LogP contribution in [0.2, 0.25) is 5.02 Å². The zero-order valence-electron chi connectivity index (χ0n) is 41.2. The van der Waals surface area contributed by atoms with Crippen molar-refractivity contribution in [2.75, 3.05) is 55.9 Å². The number of anilines is 3. The summed E-state index contributed by atoms with van der Waals surface area (Å²) >= 11 is 5.73. The third kappa shape index (κ3) is 14.3. The van der Waals surface area contributed by atoms with Crippen molar-refractivity contribution in [2.24, 2.45) is 4.99 Å². The molecule has 4 unspecified atom stereocenters. The molecule has 0 radical (unpaired) electrons. The van der Waals surface area contributed by atoms with Gasteiger partial charge in [-0.2, -0.15) is 0 Å². The van der Waals surface area contributed by atoms with E-state index in [0.717, 1.165) is 83.2 Å². The predicted octanol–water partition coefficient (Wildman–Crippen LogP) is 8.27. The van der Waals surface area contributed by atoms with Crippen molar-refractivity contribution >= 4 is 105 Å². The van der Waals surface area contributed by atoms with E-state index in [4.69, 9.17) is 26.6 Å². The Balaban J connectivity index is 0.000000278. The summed E-state index contributed by atoms with van der Waals surface area (Å²) in [6.07, 6.45) is 8.22. The van der Waals surface area contributed by atoms with Gasteiger partial charge in [0.2, 0.25) is 12.3 Å². The first kappa shape index (κ1) is 56.8. The maximum absolute atomic E-state index is 13.6. The molecule has 0 saturated carbocycles. The number of carboxylic acids is 1. The Kier molecular flexibility index (Phi) is 21.4. The molecular weight excluding hydrogens is 980 g/mol. The summed E-state index contributed by atoms with van der Waals surface area (Å²) in [6.45, 7) is 15.6. The molecule has 2 aromatic heterocycles. The Morgan fingerprint density at radius 1 is 1.14 bits per heavy atom. The van der Waals surface area contributed by atoms with Gasteiger partial charge in [0.25, 0.3) is 5.91 Å². The number of ether oxygens (including phenoxy) is 1. The second-order valence-corrected chi connectivity index (χ2v) is 20.0. The number of nitrogens with zero attached hydrogens (tertiary/aromatic N) is 3. The highest BCUT2D eigenvalue weighted by Gasteiger charge is 2.38. The van der Waals surface area contributed by atoms with Gasteiger partial charge in [0.05, 0.1) is 21.1 Å². The number of thiophene rings is 1. The van der Waals surface area contributed by atoms with Gasteiger partial charge in [-0.25, -0.2) is 14.8 Å². The molecule has 0 spiro atoms. The number of nitrogens with one attached hydrogen (secondary N) is 5. The molecule has 0 aliphatic carbocycles. The molecule has 2 aliphatic heterocycles. The Morgan fingerprint density at radius 2 is 1.89 bits per heavy atom. The summed E-state index contributed by atoms with van der Waals surface area (Å²) in [5.74, 6) is -1.07. The Morgan fingerprint density at radius 3 is 2.56 bits per heavy atom. The lowest BCUT2D eigenvalue weighted by Gasteiger charge is -2.37. The molecule has 3 amide bonds. The number of benzene rings is 3. The number of piperidine rings is 1. The average molecular weight is 1040 g/mol. The highest BCUT2D eigenvalue weighted by molar-refractivity contribution is 7.78. The van der Waals surface area contributed by atoms with Crippen LogP contribution in [-0.2, 0) is 31.2 Å². The number of hydrogen-bond acceptors (Lipinski definition) is 15. The maximum atomic E-state index is 13.6. The van der Waals surface area contributed by atoms with Gasteiger partial charge in [0.1, 0.15) is 11.1 Å². The highest BCUT2D eigenvalue weighted by Crippen LogP contribution is 2.47. The molecular formula is C52H64ClN8O9S2-. The number of aliphatic hydroxyl groups excluding tert-OH is 1. The third-order valence-electron chi connectivity index (χ3n) is 12.2. The van der Waals surface area contributed by atoms with Crippen molar-refractivity contribution < 1.29 is 42.9 Å². The number of carbonyl (C=O) groups excluding carboxylic acids is 3. The largest absolute Gasteiger partial charge is 0.772 e. The molecule has 1 saturated heterocycles. The minimum absolute atomic E-state index is 0.105. The summed E-state index contributed by atoms with van der Waals surface area (Å²) in [7, 11) is 2.90. The fourth-order valence-electron chi connectivity index (χ4n) is 9.11. The van der Waals surface area contributed by atoms with Crippen molar-refractivity contribution in [2.45, 2.75) is 88.6 Å². The van der Waals surface area contributed by atoms with E-state index < -0.39 is 35.6 Å². The van der Waals surface area contributed by atoms with E-state index in [1.165, 1.54) is 22.4 Å². The fourth-order valence-corrected chi connectivity index (χ4v) is 11.0. The Labute approximate surface area is 432 Å². The molecule has 4 atom stereocenters. The summed E-state index contributed by atoms with van der Waals surface area (Å²) < 4.78 is 27.7. The van der Waals surface area contributed by atoms with Crippen LogP contribution in [0.1, 0.15) is 91.6 Å². The standard InChI is InChI=1S/C30H36N6O5S.C21H25ClN2O3S.CH4O/c1-4-6-26(29(38)35-18-37)36-25-10-9-21(22-7-5-8-23(27(22)25)30(36)39)20(11-13-31-2)12-14-33-24-15-19(17-42(40)41)16-34-28(24)32-3;1-4-16-19(27-12-17(25)26)18(22)20(28-16)13-6-5-7-14(10-13)24-15-8-9-23-21(2,3)11-15;1-2/h5,7-10,15-16,18,20,26,31,33H,3-4,6,11-14,17H2,1-2H3,(H,40,41)(H,35,37,38);4-7,10,15,23-24H,1,8-9,11-12H2,2-3H3,(H,25,26);2H,1H3/p-1. The minimum atomic E-state index is -2.24. The lowest BCUT2D eigenvalue weighted by atomic mass is 9.87. The van der Waals surface area contributed by atoms with Crippen LogP contribution in [0.15, 0.2) is 78.4 Å². The second-order valence-electron chi connectivity index (χ2n) is 17.7. The van der Waals surface area contributed by atoms with E-state index in [9.17, 15) is 27.9 Å². The SMILES string of the molecule is C=Cc1sc(-c2cccc(NC3CCNC(C)(C)C3)c2)c(Cl)c1OCC(=O)O.C=Nc1ncc(CS(=O)[O-])cc1NCCC(CCNC)c1ccc2c3c(cccc13)C(=O)N2C(CCC)C(=O)NC=O.CO. The predicted molar refractivity (Wildman–Crippen MR) is 289 cm³/mol. The van der Waals surface area contributed by atoms with Crippen molar-refractivity contribution in [3.63, 3.8) is 0 Å². The van der Waals surface area contributed by atoms with E-state index in [0.29, 0.717) is 70.9 Å². The van der Waals surface area contributed by atoms with E-state index in [1.807, 2.05) is 50.4 Å². The summed E-state index contributed by atoms with van der Waals surface area (Å²) in [5, 5.41) is 34.0. The van der Waals surface area contributed by atoms with Crippen LogP contribution in [0.5, 0.6) is 5.75 Å². The smallest absolute Gasteiger partial charge is 0.341 e. The van der Waals surface area contributed by atoms with E-state index in [-0.39, 0.29) is 23.1 Å². The number of carboxylic acid groups (broad SMARTS) is 1.